The van der Waals surface area contributed by atoms with Crippen LogP contribution in [0.4, 0.5) is 17.1 Å². The van der Waals surface area contributed by atoms with Gasteiger partial charge in [-0.2, -0.15) is 0 Å². The zero-order valence-corrected chi connectivity index (χ0v) is 20.8. The summed E-state index contributed by atoms with van der Waals surface area (Å²) in [7, 11) is 0. The normalized spacial score (nSPS) is 13.7. The maximum absolute atomic E-state index is 5.95. The van der Waals surface area contributed by atoms with Crippen LogP contribution < -0.4 is 14.4 Å². The van der Waals surface area contributed by atoms with E-state index >= 15 is 0 Å². The van der Waals surface area contributed by atoms with Crippen LogP contribution >= 0.6 is 0 Å². The molecule has 0 N–H and O–H groups in total. The lowest BCUT2D eigenvalue weighted by atomic mass is 10.0. The molecule has 0 spiro atoms. The van der Waals surface area contributed by atoms with Crippen LogP contribution in [0.25, 0.3) is 11.1 Å². The van der Waals surface area contributed by atoms with Crippen molar-refractivity contribution < 1.29 is 9.47 Å². The number of benzene rings is 4. The number of hydrogen-bond acceptors (Lipinski definition) is 3. The fourth-order valence-electron chi connectivity index (χ4n) is 4.81. The zero-order valence-electron chi connectivity index (χ0n) is 20.8. The SMILES string of the molecule is Cc1cc(C)cc(N(c2ccc(-c3ccc4c(c3)OC(C)(C)O4)cc2)c2cc(C)cc(C)c2)c1. The first-order valence-corrected chi connectivity index (χ1v) is 11.8. The molecule has 0 saturated carbocycles. The van der Waals surface area contributed by atoms with Crippen molar-refractivity contribution in [3.8, 4) is 22.6 Å². The van der Waals surface area contributed by atoms with Crippen LogP contribution in [0.3, 0.4) is 0 Å². The van der Waals surface area contributed by atoms with Gasteiger partial charge in [0, 0.05) is 30.9 Å². The molecule has 0 unspecified atom stereocenters. The van der Waals surface area contributed by atoms with Crippen LogP contribution in [-0.4, -0.2) is 5.79 Å². The lowest BCUT2D eigenvalue weighted by Gasteiger charge is -2.27. The molecule has 0 amide bonds. The van der Waals surface area contributed by atoms with Crippen LogP contribution in [0.1, 0.15) is 36.1 Å². The average Bonchev–Trinajstić information content (AvgIpc) is 3.06. The van der Waals surface area contributed by atoms with Gasteiger partial charge < -0.3 is 14.4 Å². The molecule has 0 atom stereocenters. The summed E-state index contributed by atoms with van der Waals surface area (Å²) in [6, 6.07) is 28.3. The van der Waals surface area contributed by atoms with Crippen molar-refractivity contribution in [2.45, 2.75) is 47.3 Å². The Balaban J connectivity index is 1.55. The highest BCUT2D eigenvalue weighted by Gasteiger charge is 2.31. The Morgan fingerprint density at radius 2 is 0.971 bits per heavy atom. The maximum Gasteiger partial charge on any atom is 0.246 e. The first-order chi connectivity index (χ1) is 16.2. The molecule has 1 aliphatic rings. The number of ether oxygens (including phenoxy) is 2. The minimum Gasteiger partial charge on any atom is -0.449 e. The molecule has 4 aromatic carbocycles. The highest BCUT2D eigenvalue weighted by Crippen LogP contribution is 2.42. The lowest BCUT2D eigenvalue weighted by Crippen LogP contribution is -2.29. The second-order valence-electron chi connectivity index (χ2n) is 9.84. The van der Waals surface area contributed by atoms with Crippen LogP contribution in [0.5, 0.6) is 11.5 Å². The standard InChI is InChI=1S/C31H31NO2/c1-20-13-21(2)16-27(15-20)32(28-17-22(3)14-23(4)18-28)26-10-7-24(8-11-26)25-9-12-29-30(19-25)34-31(5,6)33-29/h7-19H,1-6H3. The molecule has 4 aromatic rings. The number of nitrogens with zero attached hydrogens (tertiary/aromatic N) is 1. The lowest BCUT2D eigenvalue weighted by molar-refractivity contribution is -0.0431. The van der Waals surface area contributed by atoms with E-state index in [2.05, 4.69) is 105 Å². The Hall–Kier alpha value is -3.72. The van der Waals surface area contributed by atoms with E-state index in [0.29, 0.717) is 0 Å². The van der Waals surface area contributed by atoms with E-state index in [1.807, 2.05) is 19.9 Å². The number of anilines is 3. The van der Waals surface area contributed by atoms with Crippen molar-refractivity contribution in [1.29, 1.82) is 0 Å². The van der Waals surface area contributed by atoms with Gasteiger partial charge >= 0.3 is 0 Å². The molecule has 3 nitrogen and oxygen atoms in total. The molecule has 0 aromatic heterocycles. The third-order valence-electron chi connectivity index (χ3n) is 6.04. The first kappa shape index (κ1) is 22.1. The summed E-state index contributed by atoms with van der Waals surface area (Å²) in [6.45, 7) is 12.5. The number of fused-ring (bicyclic) bond motifs is 1. The van der Waals surface area contributed by atoms with Gasteiger partial charge in [-0.1, -0.05) is 30.3 Å². The van der Waals surface area contributed by atoms with Gasteiger partial charge in [0.05, 0.1) is 0 Å². The molecule has 172 valence electrons. The summed E-state index contributed by atoms with van der Waals surface area (Å²) < 4.78 is 11.8. The molecule has 1 aliphatic heterocycles. The fraction of sp³-hybridized carbons (Fsp3) is 0.226. The van der Waals surface area contributed by atoms with E-state index in [9.17, 15) is 0 Å². The van der Waals surface area contributed by atoms with Crippen LogP contribution in [-0.2, 0) is 0 Å². The molecule has 0 saturated heterocycles. The quantitative estimate of drug-likeness (QED) is 0.311. The Labute approximate surface area is 202 Å². The van der Waals surface area contributed by atoms with Gasteiger partial charge in [-0.15, -0.1) is 0 Å². The minimum atomic E-state index is -0.622. The molecule has 0 radical (unpaired) electrons. The summed E-state index contributed by atoms with van der Waals surface area (Å²) in [5.74, 6) is 0.961. The van der Waals surface area contributed by atoms with Gasteiger partial charge in [0.25, 0.3) is 0 Å². The number of hydrogen-bond donors (Lipinski definition) is 0. The zero-order chi connectivity index (χ0) is 24.0. The summed E-state index contributed by atoms with van der Waals surface area (Å²) in [5.41, 5.74) is 10.7. The Kier molecular flexibility index (Phi) is 5.36. The topological polar surface area (TPSA) is 21.7 Å². The predicted molar refractivity (Wildman–Crippen MR) is 141 cm³/mol. The van der Waals surface area contributed by atoms with E-state index in [4.69, 9.17) is 9.47 Å². The molecule has 3 heteroatoms. The Bertz CT molecular complexity index is 1280. The van der Waals surface area contributed by atoms with Crippen molar-refractivity contribution in [2.24, 2.45) is 0 Å². The Morgan fingerprint density at radius 1 is 0.500 bits per heavy atom. The van der Waals surface area contributed by atoms with Crippen LogP contribution in [0, 0.1) is 27.7 Å². The molecule has 1 heterocycles. The largest absolute Gasteiger partial charge is 0.449 e. The summed E-state index contributed by atoms with van der Waals surface area (Å²) in [6.07, 6.45) is 0. The second-order valence-corrected chi connectivity index (χ2v) is 9.84. The summed E-state index contributed by atoms with van der Waals surface area (Å²) in [5, 5.41) is 0. The van der Waals surface area contributed by atoms with E-state index in [-0.39, 0.29) is 0 Å². The third kappa shape index (κ3) is 4.38. The monoisotopic (exact) mass is 449 g/mol. The van der Waals surface area contributed by atoms with Crippen LogP contribution in [0.15, 0.2) is 78.9 Å². The highest BCUT2D eigenvalue weighted by molar-refractivity contribution is 5.79. The van der Waals surface area contributed by atoms with Crippen molar-refractivity contribution in [2.75, 3.05) is 4.90 Å². The van der Waals surface area contributed by atoms with Gasteiger partial charge in [0.15, 0.2) is 11.5 Å². The Morgan fingerprint density at radius 3 is 1.50 bits per heavy atom. The molecular formula is C31H31NO2. The van der Waals surface area contributed by atoms with Crippen molar-refractivity contribution in [3.05, 3.63) is 101 Å². The van der Waals surface area contributed by atoms with E-state index in [1.165, 1.54) is 33.6 Å². The second kappa shape index (κ2) is 8.25. The number of rotatable bonds is 4. The van der Waals surface area contributed by atoms with Gasteiger partial charge in [0.2, 0.25) is 5.79 Å². The molecule has 5 rings (SSSR count). The van der Waals surface area contributed by atoms with Crippen LogP contribution in [0.2, 0.25) is 0 Å². The highest BCUT2D eigenvalue weighted by atomic mass is 16.7. The maximum atomic E-state index is 5.95. The third-order valence-corrected chi connectivity index (χ3v) is 6.04. The minimum absolute atomic E-state index is 0.622. The summed E-state index contributed by atoms with van der Waals surface area (Å²) >= 11 is 0. The van der Waals surface area contributed by atoms with E-state index in [0.717, 1.165) is 28.3 Å². The van der Waals surface area contributed by atoms with Gasteiger partial charge in [-0.3, -0.25) is 0 Å². The van der Waals surface area contributed by atoms with Gasteiger partial charge in [-0.05, 0) is 110 Å². The van der Waals surface area contributed by atoms with Gasteiger partial charge in [-0.25, -0.2) is 0 Å². The van der Waals surface area contributed by atoms with Gasteiger partial charge in [0.1, 0.15) is 0 Å². The van der Waals surface area contributed by atoms with E-state index < -0.39 is 5.79 Å². The van der Waals surface area contributed by atoms with Crippen molar-refractivity contribution in [3.63, 3.8) is 0 Å². The van der Waals surface area contributed by atoms with E-state index in [1.54, 1.807) is 0 Å². The smallest absolute Gasteiger partial charge is 0.246 e. The fourth-order valence-corrected chi connectivity index (χ4v) is 4.81. The molecule has 0 fully saturated rings. The summed E-state index contributed by atoms with van der Waals surface area (Å²) in [4.78, 5) is 2.34. The molecular weight excluding hydrogens is 418 g/mol. The molecule has 34 heavy (non-hydrogen) atoms. The van der Waals surface area contributed by atoms with Crippen molar-refractivity contribution >= 4 is 17.1 Å². The average molecular weight is 450 g/mol. The first-order valence-electron chi connectivity index (χ1n) is 11.8. The molecule has 0 aliphatic carbocycles. The molecule has 0 bridgehead atoms. The number of aryl methyl sites for hydroxylation is 4. The van der Waals surface area contributed by atoms with Crippen molar-refractivity contribution in [1.82, 2.24) is 0 Å². The predicted octanol–water partition coefficient (Wildman–Crippen LogP) is 8.56.